The van der Waals surface area contributed by atoms with E-state index in [4.69, 9.17) is 0 Å². The van der Waals surface area contributed by atoms with E-state index in [1.165, 1.54) is 11.1 Å². The monoisotopic (exact) mass is 189 g/mol. The highest BCUT2D eigenvalue weighted by Gasteiger charge is 2.27. The third-order valence-corrected chi connectivity index (χ3v) is 2.91. The third kappa shape index (κ3) is 1.46. The van der Waals surface area contributed by atoms with Crippen molar-refractivity contribution >= 4 is 5.78 Å². The lowest BCUT2D eigenvalue weighted by Crippen LogP contribution is -2.35. The fourth-order valence-corrected chi connectivity index (χ4v) is 2.22. The van der Waals surface area contributed by atoms with E-state index in [-0.39, 0.29) is 11.8 Å². The minimum Gasteiger partial charge on any atom is -0.298 e. The number of carbonyl (C=O) groups excluding carboxylic acids is 1. The van der Waals surface area contributed by atoms with Crippen molar-refractivity contribution in [2.24, 2.45) is 0 Å². The summed E-state index contributed by atoms with van der Waals surface area (Å²) in [5.41, 5.74) is 2.51. The Hall–Kier alpha value is -1.15. The van der Waals surface area contributed by atoms with Crippen molar-refractivity contribution in [3.8, 4) is 0 Å². The molecule has 1 aromatic carbocycles. The molecule has 0 aliphatic carbocycles. The minimum atomic E-state index is -0.0278. The van der Waals surface area contributed by atoms with Crippen molar-refractivity contribution in [1.29, 1.82) is 0 Å². The third-order valence-electron chi connectivity index (χ3n) is 2.91. The van der Waals surface area contributed by atoms with Crippen LogP contribution in [0, 0.1) is 0 Å². The molecule has 1 aliphatic heterocycles. The van der Waals surface area contributed by atoms with Crippen LogP contribution in [0.1, 0.15) is 24.1 Å². The van der Waals surface area contributed by atoms with Crippen LogP contribution in [-0.2, 0) is 11.2 Å². The summed E-state index contributed by atoms with van der Waals surface area (Å²) in [6, 6.07) is 8.21. The van der Waals surface area contributed by atoms with Crippen LogP contribution in [0.15, 0.2) is 24.3 Å². The van der Waals surface area contributed by atoms with Gasteiger partial charge in [-0.2, -0.15) is 0 Å². The highest BCUT2D eigenvalue weighted by atomic mass is 16.1. The van der Waals surface area contributed by atoms with E-state index in [0.29, 0.717) is 0 Å². The second-order valence-corrected chi connectivity index (χ2v) is 3.94. The zero-order chi connectivity index (χ0) is 10.1. The Bertz CT molecular complexity index is 359. The predicted octanol–water partition coefficient (Wildman–Crippen LogP) is 1.80. The number of Topliss-reactive ketones (excluding diaryl/α,β-unsaturated/α-hetero) is 1. The van der Waals surface area contributed by atoms with Crippen LogP contribution in [0.2, 0.25) is 0 Å². The number of ketones is 1. The van der Waals surface area contributed by atoms with Gasteiger partial charge >= 0.3 is 0 Å². The normalized spacial score (nSPS) is 21.7. The average Bonchev–Trinajstić information content (AvgIpc) is 2.17. The molecule has 0 saturated heterocycles. The number of nitrogens with zero attached hydrogens (tertiary/aromatic N) is 1. The first-order valence-electron chi connectivity index (χ1n) is 4.98. The van der Waals surface area contributed by atoms with Crippen molar-refractivity contribution in [2.75, 3.05) is 13.6 Å². The molecular formula is C12H15NO. The summed E-state index contributed by atoms with van der Waals surface area (Å²) in [6.45, 7) is 2.64. The molecule has 0 fully saturated rings. The Kier molecular flexibility index (Phi) is 2.38. The summed E-state index contributed by atoms with van der Waals surface area (Å²) in [7, 11) is 2.02. The SMILES string of the molecule is CC(=O)[C@@H]1c2ccccc2CCN1C. The van der Waals surface area contributed by atoms with E-state index in [0.717, 1.165) is 13.0 Å². The van der Waals surface area contributed by atoms with Crippen LogP contribution >= 0.6 is 0 Å². The van der Waals surface area contributed by atoms with Gasteiger partial charge in [-0.15, -0.1) is 0 Å². The summed E-state index contributed by atoms with van der Waals surface area (Å²) >= 11 is 0. The Balaban J connectivity index is 2.46. The first-order chi connectivity index (χ1) is 6.70. The minimum absolute atomic E-state index is 0.0278. The number of fused-ring (bicyclic) bond motifs is 1. The fraction of sp³-hybridized carbons (Fsp3) is 0.417. The summed E-state index contributed by atoms with van der Waals surface area (Å²) in [5.74, 6) is 0.236. The standard InChI is InChI=1S/C12H15NO/c1-9(14)12-11-6-4-3-5-10(11)7-8-13(12)2/h3-6,12H,7-8H2,1-2H3/t12-/m1/s1. The molecule has 2 heteroatoms. The number of likely N-dealkylation sites (N-methyl/N-ethyl adjacent to an activating group) is 1. The Morgan fingerprint density at radius 2 is 2.14 bits per heavy atom. The van der Waals surface area contributed by atoms with Gasteiger partial charge in [-0.3, -0.25) is 9.69 Å². The van der Waals surface area contributed by atoms with E-state index in [2.05, 4.69) is 17.0 Å². The molecule has 0 bridgehead atoms. The number of benzene rings is 1. The smallest absolute Gasteiger partial charge is 0.151 e. The van der Waals surface area contributed by atoms with E-state index < -0.39 is 0 Å². The Morgan fingerprint density at radius 3 is 2.86 bits per heavy atom. The summed E-state index contributed by atoms with van der Waals surface area (Å²) in [5, 5.41) is 0. The Morgan fingerprint density at radius 1 is 1.43 bits per heavy atom. The molecular weight excluding hydrogens is 174 g/mol. The van der Waals surface area contributed by atoms with Gasteiger partial charge in [0.2, 0.25) is 0 Å². The fourth-order valence-electron chi connectivity index (χ4n) is 2.22. The van der Waals surface area contributed by atoms with Crippen molar-refractivity contribution in [1.82, 2.24) is 4.90 Å². The van der Waals surface area contributed by atoms with Gasteiger partial charge in [0, 0.05) is 6.54 Å². The van der Waals surface area contributed by atoms with Crippen LogP contribution in [0.25, 0.3) is 0 Å². The lowest BCUT2D eigenvalue weighted by Gasteiger charge is -2.32. The average molecular weight is 189 g/mol. The molecule has 0 N–H and O–H groups in total. The number of rotatable bonds is 1. The van der Waals surface area contributed by atoms with Gasteiger partial charge in [-0.05, 0) is 31.5 Å². The van der Waals surface area contributed by atoms with E-state index in [9.17, 15) is 4.79 Å². The molecule has 2 nitrogen and oxygen atoms in total. The van der Waals surface area contributed by atoms with Crippen LogP contribution in [0.3, 0.4) is 0 Å². The van der Waals surface area contributed by atoms with Gasteiger partial charge in [0.15, 0.2) is 5.78 Å². The molecule has 1 atom stereocenters. The zero-order valence-electron chi connectivity index (χ0n) is 8.66. The molecule has 1 aromatic rings. The van der Waals surface area contributed by atoms with Crippen LogP contribution in [0.5, 0.6) is 0 Å². The first-order valence-corrected chi connectivity index (χ1v) is 4.98. The number of hydrogen-bond acceptors (Lipinski definition) is 2. The van der Waals surface area contributed by atoms with Gasteiger partial charge < -0.3 is 0 Å². The number of carbonyl (C=O) groups is 1. The van der Waals surface area contributed by atoms with Crippen molar-refractivity contribution < 1.29 is 4.79 Å². The maximum Gasteiger partial charge on any atom is 0.151 e. The maximum absolute atomic E-state index is 11.5. The van der Waals surface area contributed by atoms with Crippen molar-refractivity contribution in [3.05, 3.63) is 35.4 Å². The van der Waals surface area contributed by atoms with E-state index in [1.54, 1.807) is 6.92 Å². The van der Waals surface area contributed by atoms with Gasteiger partial charge in [0.05, 0.1) is 6.04 Å². The quantitative estimate of drug-likeness (QED) is 0.671. The van der Waals surface area contributed by atoms with Gasteiger partial charge in [0.25, 0.3) is 0 Å². The van der Waals surface area contributed by atoms with E-state index in [1.807, 2.05) is 19.2 Å². The summed E-state index contributed by atoms with van der Waals surface area (Å²) in [4.78, 5) is 13.7. The topological polar surface area (TPSA) is 20.3 Å². The van der Waals surface area contributed by atoms with Crippen LogP contribution < -0.4 is 0 Å². The van der Waals surface area contributed by atoms with Crippen molar-refractivity contribution in [3.63, 3.8) is 0 Å². The second-order valence-electron chi connectivity index (χ2n) is 3.94. The molecule has 0 spiro atoms. The highest BCUT2D eigenvalue weighted by Crippen LogP contribution is 2.28. The first kappa shape index (κ1) is 9.41. The summed E-state index contributed by atoms with van der Waals surface area (Å²) in [6.07, 6.45) is 1.05. The molecule has 1 aliphatic rings. The molecule has 1 heterocycles. The van der Waals surface area contributed by atoms with Crippen LogP contribution in [0.4, 0.5) is 0 Å². The molecule has 14 heavy (non-hydrogen) atoms. The molecule has 0 amide bonds. The van der Waals surface area contributed by atoms with E-state index >= 15 is 0 Å². The van der Waals surface area contributed by atoms with Gasteiger partial charge in [-0.1, -0.05) is 24.3 Å². The maximum atomic E-state index is 11.5. The lowest BCUT2D eigenvalue weighted by molar-refractivity contribution is -0.122. The highest BCUT2D eigenvalue weighted by molar-refractivity contribution is 5.83. The number of hydrogen-bond donors (Lipinski definition) is 0. The second kappa shape index (κ2) is 3.54. The molecule has 0 saturated carbocycles. The molecule has 0 radical (unpaired) electrons. The summed E-state index contributed by atoms with van der Waals surface area (Å²) < 4.78 is 0. The molecule has 0 unspecified atom stereocenters. The molecule has 0 aromatic heterocycles. The van der Waals surface area contributed by atoms with Crippen LogP contribution in [-0.4, -0.2) is 24.3 Å². The lowest BCUT2D eigenvalue weighted by atomic mass is 9.91. The van der Waals surface area contributed by atoms with Gasteiger partial charge in [0.1, 0.15) is 0 Å². The molecule has 74 valence electrons. The zero-order valence-corrected chi connectivity index (χ0v) is 8.66. The predicted molar refractivity (Wildman–Crippen MR) is 56.2 cm³/mol. The largest absolute Gasteiger partial charge is 0.298 e. The molecule has 2 rings (SSSR count). The van der Waals surface area contributed by atoms with Gasteiger partial charge in [-0.25, -0.2) is 0 Å². The Labute approximate surface area is 84.5 Å². The van der Waals surface area contributed by atoms with Crippen molar-refractivity contribution in [2.45, 2.75) is 19.4 Å².